The fourth-order valence-corrected chi connectivity index (χ4v) is 4.07. The Labute approximate surface area is 151 Å². The lowest BCUT2D eigenvalue weighted by molar-refractivity contribution is 0.310. The lowest BCUT2D eigenvalue weighted by Gasteiger charge is -2.29. The van der Waals surface area contributed by atoms with Gasteiger partial charge < -0.3 is 0 Å². The van der Waals surface area contributed by atoms with Crippen molar-refractivity contribution in [2.24, 2.45) is 5.92 Å². The molecular formula is C22H28ClN. The molecule has 24 heavy (non-hydrogen) atoms. The summed E-state index contributed by atoms with van der Waals surface area (Å²) in [5.74, 6) is 1.64. The van der Waals surface area contributed by atoms with Crippen LogP contribution in [0.25, 0.3) is 0 Å². The van der Waals surface area contributed by atoms with Crippen LogP contribution in [0.1, 0.15) is 68.1 Å². The molecule has 0 aliphatic heterocycles. The molecule has 2 aromatic rings. The van der Waals surface area contributed by atoms with Crippen LogP contribution in [0.5, 0.6) is 0 Å². The van der Waals surface area contributed by atoms with Gasteiger partial charge in [-0.2, -0.15) is 0 Å². The molecular weight excluding hydrogens is 314 g/mol. The largest absolute Gasteiger partial charge is 0.244 e. The molecule has 0 saturated heterocycles. The van der Waals surface area contributed by atoms with Crippen molar-refractivity contribution in [2.45, 2.75) is 64.2 Å². The summed E-state index contributed by atoms with van der Waals surface area (Å²) in [6.45, 7) is 2.25. The van der Waals surface area contributed by atoms with Gasteiger partial charge in [-0.15, -0.1) is 0 Å². The molecule has 3 rings (SSSR count). The van der Waals surface area contributed by atoms with Crippen molar-refractivity contribution in [3.63, 3.8) is 0 Å². The van der Waals surface area contributed by atoms with Crippen molar-refractivity contribution in [3.05, 3.63) is 64.4 Å². The van der Waals surface area contributed by atoms with Gasteiger partial charge in [-0.1, -0.05) is 55.3 Å². The van der Waals surface area contributed by atoms with Gasteiger partial charge in [0.25, 0.3) is 0 Å². The van der Waals surface area contributed by atoms with E-state index in [1.807, 2.05) is 12.3 Å². The lowest BCUT2D eigenvalue weighted by Crippen LogP contribution is -2.14. The number of nitrogens with zero attached hydrogens (tertiary/aromatic N) is 1. The van der Waals surface area contributed by atoms with Crippen molar-refractivity contribution in [3.8, 4) is 0 Å². The molecule has 1 nitrogen and oxygen atoms in total. The second kappa shape index (κ2) is 8.67. The molecule has 1 heterocycles. The molecule has 1 aliphatic rings. The van der Waals surface area contributed by atoms with E-state index in [9.17, 15) is 0 Å². The molecule has 1 aromatic carbocycles. The van der Waals surface area contributed by atoms with Gasteiger partial charge in [-0.05, 0) is 79.5 Å². The summed E-state index contributed by atoms with van der Waals surface area (Å²) in [5.41, 5.74) is 4.34. The van der Waals surface area contributed by atoms with E-state index in [0.29, 0.717) is 5.15 Å². The maximum absolute atomic E-state index is 5.85. The Morgan fingerprint density at radius 1 is 0.917 bits per heavy atom. The molecule has 0 unspecified atom stereocenters. The Morgan fingerprint density at radius 2 is 1.62 bits per heavy atom. The van der Waals surface area contributed by atoms with Crippen LogP contribution in [0, 0.1) is 5.92 Å². The van der Waals surface area contributed by atoms with Gasteiger partial charge in [0.1, 0.15) is 5.15 Å². The van der Waals surface area contributed by atoms with Crippen molar-refractivity contribution < 1.29 is 0 Å². The smallest absolute Gasteiger partial charge is 0.129 e. The summed E-state index contributed by atoms with van der Waals surface area (Å²) in [6.07, 6.45) is 12.2. The van der Waals surface area contributed by atoms with Crippen molar-refractivity contribution in [1.29, 1.82) is 0 Å². The summed E-state index contributed by atoms with van der Waals surface area (Å²) in [5, 5.41) is 0.587. The second-order valence-corrected chi connectivity index (χ2v) is 7.62. The van der Waals surface area contributed by atoms with Crippen molar-refractivity contribution in [2.75, 3.05) is 0 Å². The second-order valence-electron chi connectivity index (χ2n) is 7.24. The number of halogens is 1. The maximum atomic E-state index is 5.85. The van der Waals surface area contributed by atoms with Gasteiger partial charge in [-0.25, -0.2) is 4.98 Å². The van der Waals surface area contributed by atoms with E-state index in [4.69, 9.17) is 11.6 Å². The molecule has 0 N–H and O–H groups in total. The average Bonchev–Trinajstić information content (AvgIpc) is 2.63. The summed E-state index contributed by atoms with van der Waals surface area (Å²) < 4.78 is 0. The third-order valence-electron chi connectivity index (χ3n) is 5.47. The predicted octanol–water partition coefficient (Wildman–Crippen LogP) is 6.59. The van der Waals surface area contributed by atoms with Crippen molar-refractivity contribution >= 4 is 11.6 Å². The molecule has 2 heteroatoms. The molecule has 0 atom stereocenters. The van der Waals surface area contributed by atoms with E-state index < -0.39 is 0 Å². The molecule has 0 amide bonds. The van der Waals surface area contributed by atoms with E-state index >= 15 is 0 Å². The zero-order chi connectivity index (χ0) is 16.8. The minimum absolute atomic E-state index is 0.587. The van der Waals surface area contributed by atoms with Gasteiger partial charge in [0.2, 0.25) is 0 Å². The Morgan fingerprint density at radius 3 is 2.25 bits per heavy atom. The van der Waals surface area contributed by atoms with Crippen LogP contribution in [0.4, 0.5) is 0 Å². The van der Waals surface area contributed by atoms with E-state index in [2.05, 4.69) is 42.2 Å². The molecule has 0 spiro atoms. The number of hydrogen-bond acceptors (Lipinski definition) is 1. The highest BCUT2D eigenvalue weighted by Gasteiger charge is 2.22. The van der Waals surface area contributed by atoms with Crippen LogP contribution < -0.4 is 0 Å². The quantitative estimate of drug-likeness (QED) is 0.540. The lowest BCUT2D eigenvalue weighted by atomic mass is 9.77. The zero-order valence-electron chi connectivity index (χ0n) is 14.7. The van der Waals surface area contributed by atoms with Crippen molar-refractivity contribution in [1.82, 2.24) is 4.98 Å². The van der Waals surface area contributed by atoms with E-state index in [1.54, 1.807) is 5.56 Å². The molecule has 1 fully saturated rings. The number of benzene rings is 1. The minimum atomic E-state index is 0.587. The molecule has 1 aliphatic carbocycles. The molecule has 0 radical (unpaired) electrons. The number of aryl methyl sites for hydroxylation is 2. The predicted molar refractivity (Wildman–Crippen MR) is 103 cm³/mol. The van der Waals surface area contributed by atoms with E-state index in [0.717, 1.165) is 18.3 Å². The topological polar surface area (TPSA) is 12.9 Å². The maximum Gasteiger partial charge on any atom is 0.129 e. The normalized spacial score (nSPS) is 20.9. The fraction of sp³-hybridized carbons (Fsp3) is 0.500. The highest BCUT2D eigenvalue weighted by molar-refractivity contribution is 6.29. The van der Waals surface area contributed by atoms with Crippen LogP contribution in [0.2, 0.25) is 5.15 Å². The third-order valence-corrected chi connectivity index (χ3v) is 5.69. The standard InChI is InChI=1S/C22H28ClN/c1-2-3-17-6-11-20(12-7-17)21-13-8-18(9-14-21)4-5-19-10-15-22(23)24-16-19/h6-7,10-12,15-16,18,21H,2-5,8-9,13-14H2,1H3. The van der Waals surface area contributed by atoms with Crippen LogP contribution >= 0.6 is 11.6 Å². The number of aromatic nitrogens is 1. The van der Waals surface area contributed by atoms with Gasteiger partial charge in [0.15, 0.2) is 0 Å². The summed E-state index contributed by atoms with van der Waals surface area (Å²) in [7, 11) is 0. The zero-order valence-corrected chi connectivity index (χ0v) is 15.4. The first-order valence-electron chi connectivity index (χ1n) is 9.44. The summed E-state index contributed by atoms with van der Waals surface area (Å²) in [4.78, 5) is 4.18. The number of hydrogen-bond donors (Lipinski definition) is 0. The Kier molecular flexibility index (Phi) is 6.31. The molecule has 1 aromatic heterocycles. The van der Waals surface area contributed by atoms with E-state index in [-0.39, 0.29) is 0 Å². The summed E-state index contributed by atoms with van der Waals surface area (Å²) >= 11 is 5.85. The first-order chi connectivity index (χ1) is 11.7. The van der Waals surface area contributed by atoms with Gasteiger partial charge in [0.05, 0.1) is 0 Å². The number of rotatable bonds is 6. The van der Waals surface area contributed by atoms with E-state index in [1.165, 1.54) is 56.1 Å². The Bertz CT molecular complexity index is 609. The SMILES string of the molecule is CCCc1ccc(C2CCC(CCc3ccc(Cl)nc3)CC2)cc1. The summed E-state index contributed by atoms with van der Waals surface area (Å²) in [6, 6.07) is 13.4. The highest BCUT2D eigenvalue weighted by Crippen LogP contribution is 2.37. The first kappa shape index (κ1) is 17.5. The number of pyridine rings is 1. The van der Waals surface area contributed by atoms with Gasteiger partial charge in [0, 0.05) is 6.20 Å². The average molecular weight is 342 g/mol. The van der Waals surface area contributed by atoms with Crippen LogP contribution in [0.3, 0.4) is 0 Å². The Hall–Kier alpha value is -1.34. The Balaban J connectivity index is 1.45. The van der Waals surface area contributed by atoms with Crippen LogP contribution in [-0.4, -0.2) is 4.98 Å². The highest BCUT2D eigenvalue weighted by atomic mass is 35.5. The molecule has 0 bridgehead atoms. The monoisotopic (exact) mass is 341 g/mol. The molecule has 1 saturated carbocycles. The van der Waals surface area contributed by atoms with Gasteiger partial charge in [-0.3, -0.25) is 0 Å². The van der Waals surface area contributed by atoms with Crippen LogP contribution in [0.15, 0.2) is 42.6 Å². The molecule has 128 valence electrons. The third kappa shape index (κ3) is 4.83. The van der Waals surface area contributed by atoms with Gasteiger partial charge >= 0.3 is 0 Å². The minimum Gasteiger partial charge on any atom is -0.244 e. The van der Waals surface area contributed by atoms with Crippen LogP contribution in [-0.2, 0) is 12.8 Å². The first-order valence-corrected chi connectivity index (χ1v) is 9.81. The fourth-order valence-electron chi connectivity index (χ4n) is 3.95.